The van der Waals surface area contributed by atoms with Gasteiger partial charge in [0.1, 0.15) is 5.76 Å². The Morgan fingerprint density at radius 2 is 2.00 bits per heavy atom. The summed E-state index contributed by atoms with van der Waals surface area (Å²) in [5.74, 6) is 0.922. The lowest BCUT2D eigenvalue weighted by Gasteiger charge is -2.02. The zero-order valence-corrected chi connectivity index (χ0v) is 16.2. The molecule has 1 aliphatic heterocycles. The van der Waals surface area contributed by atoms with E-state index in [9.17, 15) is 5.11 Å². The smallest absolute Gasteiger partial charge is 0.211 e. The van der Waals surface area contributed by atoms with E-state index in [0.29, 0.717) is 11.3 Å². The number of aromatic hydroxyl groups is 1. The number of thiazole rings is 1. The number of rotatable bonds is 4. The maximum absolute atomic E-state index is 10.9. The van der Waals surface area contributed by atoms with Crippen LogP contribution in [-0.2, 0) is 6.54 Å². The Labute approximate surface area is 170 Å². The third-order valence-corrected chi connectivity index (χ3v) is 5.61. The molecule has 2 aromatic carbocycles. The minimum Gasteiger partial charge on any atom is -0.493 e. The standard InChI is InChI=1S/C23H17N3O2S/c27-22-21(14-16-8-9-20-17(13-16)10-11-24-20)29-23(25-18-5-2-1-3-6-18)26(22)15-19-7-4-12-28-19/h1-14,27H,15H2. The zero-order valence-electron chi connectivity index (χ0n) is 15.4. The molecule has 3 heterocycles. The third kappa shape index (κ3) is 3.58. The number of nitrogens with zero attached hydrogens (tertiary/aromatic N) is 3. The number of hydrogen-bond donors (Lipinski definition) is 1. The van der Waals surface area contributed by atoms with Crippen molar-refractivity contribution in [1.82, 2.24) is 4.57 Å². The summed E-state index contributed by atoms with van der Waals surface area (Å²) in [5, 5.41) is 12.9. The molecule has 0 radical (unpaired) electrons. The van der Waals surface area contributed by atoms with Gasteiger partial charge in [-0.25, -0.2) is 4.99 Å². The Bertz CT molecular complexity index is 1380. The molecular weight excluding hydrogens is 382 g/mol. The summed E-state index contributed by atoms with van der Waals surface area (Å²) >= 11 is 1.44. The first-order valence-corrected chi connectivity index (χ1v) is 9.99. The van der Waals surface area contributed by atoms with E-state index in [4.69, 9.17) is 9.41 Å². The van der Waals surface area contributed by atoms with Crippen molar-refractivity contribution in [3.63, 3.8) is 0 Å². The highest BCUT2D eigenvalue weighted by atomic mass is 32.1. The number of fused-ring (bicyclic) bond motifs is 1. The molecule has 29 heavy (non-hydrogen) atoms. The van der Waals surface area contributed by atoms with Crippen molar-refractivity contribution in [1.29, 1.82) is 0 Å². The van der Waals surface area contributed by atoms with E-state index in [1.807, 2.05) is 66.7 Å². The van der Waals surface area contributed by atoms with Crippen LogP contribution in [0.25, 0.3) is 12.2 Å². The number of furan rings is 1. The maximum atomic E-state index is 10.9. The molecular formula is C23H17N3O2S. The van der Waals surface area contributed by atoms with Crippen LogP contribution in [0.2, 0.25) is 0 Å². The lowest BCUT2D eigenvalue weighted by molar-refractivity contribution is 0.403. The molecule has 0 bridgehead atoms. The van der Waals surface area contributed by atoms with Gasteiger partial charge in [-0.05, 0) is 53.8 Å². The van der Waals surface area contributed by atoms with Crippen LogP contribution in [-0.4, -0.2) is 9.67 Å². The van der Waals surface area contributed by atoms with Crippen molar-refractivity contribution in [3.05, 3.63) is 105 Å². The first-order valence-electron chi connectivity index (χ1n) is 9.17. The van der Waals surface area contributed by atoms with Crippen molar-refractivity contribution < 1.29 is 9.52 Å². The summed E-state index contributed by atoms with van der Waals surface area (Å²) in [6.07, 6.45) is 7.37. The van der Waals surface area contributed by atoms with Crippen molar-refractivity contribution in [2.24, 2.45) is 9.98 Å². The van der Waals surface area contributed by atoms with Gasteiger partial charge in [-0.3, -0.25) is 9.56 Å². The summed E-state index contributed by atoms with van der Waals surface area (Å²) in [6.45, 7) is 0.403. The Morgan fingerprint density at radius 3 is 2.83 bits per heavy atom. The van der Waals surface area contributed by atoms with E-state index in [0.717, 1.165) is 32.5 Å². The van der Waals surface area contributed by atoms with Gasteiger partial charge in [-0.1, -0.05) is 35.6 Å². The van der Waals surface area contributed by atoms with Crippen LogP contribution in [0, 0.1) is 0 Å². The van der Waals surface area contributed by atoms with Gasteiger partial charge in [0.25, 0.3) is 0 Å². The van der Waals surface area contributed by atoms with Gasteiger partial charge in [-0.2, -0.15) is 0 Å². The van der Waals surface area contributed by atoms with E-state index in [1.54, 1.807) is 17.0 Å². The van der Waals surface area contributed by atoms with Crippen LogP contribution in [0.4, 0.5) is 5.69 Å². The summed E-state index contributed by atoms with van der Waals surface area (Å²) < 4.78 is 7.25. The van der Waals surface area contributed by atoms with Crippen LogP contribution < -0.4 is 15.4 Å². The lowest BCUT2D eigenvalue weighted by atomic mass is 10.2. The van der Waals surface area contributed by atoms with Crippen molar-refractivity contribution in [2.75, 3.05) is 0 Å². The second-order valence-corrected chi connectivity index (χ2v) is 7.60. The predicted octanol–water partition coefficient (Wildman–Crippen LogP) is 3.56. The van der Waals surface area contributed by atoms with Crippen LogP contribution in [0.1, 0.15) is 16.2 Å². The van der Waals surface area contributed by atoms with Crippen LogP contribution in [0.5, 0.6) is 5.88 Å². The second kappa shape index (κ2) is 7.41. The van der Waals surface area contributed by atoms with E-state index < -0.39 is 0 Å². The minimum absolute atomic E-state index is 0.168. The molecule has 0 saturated heterocycles. The number of benzene rings is 2. The second-order valence-electron chi connectivity index (χ2n) is 6.59. The Hall–Kier alpha value is -3.64. The molecule has 4 aromatic rings. The molecule has 0 unspecified atom stereocenters. The molecule has 0 saturated carbocycles. The molecule has 0 fully saturated rings. The van der Waals surface area contributed by atoms with E-state index in [-0.39, 0.29) is 5.88 Å². The SMILES string of the molecule is Oc1c(C=c2ccc3c(c2)C=CN=3)sc(=Nc2ccccc2)n1Cc1ccco1. The highest BCUT2D eigenvalue weighted by molar-refractivity contribution is 7.10. The highest BCUT2D eigenvalue weighted by Crippen LogP contribution is 2.23. The first kappa shape index (κ1) is 17.5. The first-order chi connectivity index (χ1) is 14.3. The maximum Gasteiger partial charge on any atom is 0.211 e. The zero-order chi connectivity index (χ0) is 19.6. The minimum atomic E-state index is 0.168. The van der Waals surface area contributed by atoms with Gasteiger partial charge in [0.2, 0.25) is 5.88 Å². The van der Waals surface area contributed by atoms with Crippen molar-refractivity contribution >= 4 is 29.2 Å². The quantitative estimate of drug-likeness (QED) is 0.570. The van der Waals surface area contributed by atoms with Crippen molar-refractivity contribution in [3.8, 4) is 5.88 Å². The molecule has 0 atom stereocenters. The third-order valence-electron chi connectivity index (χ3n) is 4.60. The predicted molar refractivity (Wildman–Crippen MR) is 113 cm³/mol. The van der Waals surface area contributed by atoms with Crippen LogP contribution in [0.3, 0.4) is 0 Å². The number of hydrogen-bond acceptors (Lipinski definition) is 5. The fourth-order valence-electron chi connectivity index (χ4n) is 3.18. The fourth-order valence-corrected chi connectivity index (χ4v) is 4.18. The Balaban J connectivity index is 1.65. The number of para-hydroxylation sites is 1. The van der Waals surface area contributed by atoms with Gasteiger partial charge < -0.3 is 9.52 Å². The molecule has 0 spiro atoms. The molecule has 142 valence electrons. The molecule has 0 amide bonds. The molecule has 5 nitrogen and oxygen atoms in total. The summed E-state index contributed by atoms with van der Waals surface area (Å²) in [4.78, 5) is 10.5. The topological polar surface area (TPSA) is 63.0 Å². The average Bonchev–Trinajstić information content (AvgIpc) is 3.47. The highest BCUT2D eigenvalue weighted by Gasteiger charge is 2.13. The van der Waals surface area contributed by atoms with E-state index >= 15 is 0 Å². The van der Waals surface area contributed by atoms with Gasteiger partial charge in [-0.15, -0.1) is 0 Å². The lowest BCUT2D eigenvalue weighted by Crippen LogP contribution is -2.14. The van der Waals surface area contributed by atoms with Crippen molar-refractivity contribution in [2.45, 2.75) is 6.54 Å². The van der Waals surface area contributed by atoms with Crippen LogP contribution in [0.15, 0.2) is 87.5 Å². The summed E-state index contributed by atoms with van der Waals surface area (Å²) in [5.41, 5.74) is 1.91. The number of aromatic nitrogens is 1. The molecule has 5 rings (SSSR count). The largest absolute Gasteiger partial charge is 0.493 e. The normalized spacial score (nSPS) is 13.7. The van der Waals surface area contributed by atoms with E-state index in [1.165, 1.54) is 11.3 Å². The van der Waals surface area contributed by atoms with Gasteiger partial charge >= 0.3 is 0 Å². The van der Waals surface area contributed by atoms with Gasteiger partial charge in [0, 0.05) is 11.8 Å². The average molecular weight is 399 g/mol. The molecule has 2 aromatic heterocycles. The Kier molecular flexibility index (Phi) is 4.46. The molecule has 1 N–H and O–H groups in total. The monoisotopic (exact) mass is 399 g/mol. The molecule has 6 heteroatoms. The fraction of sp³-hybridized carbons (Fsp3) is 0.0435. The Morgan fingerprint density at radius 1 is 1.10 bits per heavy atom. The molecule has 0 aliphatic carbocycles. The van der Waals surface area contributed by atoms with Gasteiger partial charge in [0.15, 0.2) is 4.80 Å². The van der Waals surface area contributed by atoms with E-state index in [2.05, 4.69) is 11.1 Å². The molecule has 1 aliphatic rings. The summed E-state index contributed by atoms with van der Waals surface area (Å²) in [6, 6.07) is 19.5. The van der Waals surface area contributed by atoms with Gasteiger partial charge in [0.05, 0.1) is 28.7 Å². The van der Waals surface area contributed by atoms with Crippen LogP contribution >= 0.6 is 11.3 Å². The summed E-state index contributed by atoms with van der Waals surface area (Å²) in [7, 11) is 0.